The van der Waals surface area contributed by atoms with Gasteiger partial charge in [-0.3, -0.25) is 4.79 Å². The molecule has 0 aliphatic carbocycles. The number of methoxy groups -OCH3 is 1. The summed E-state index contributed by atoms with van der Waals surface area (Å²) in [6.07, 6.45) is -4.37. The summed E-state index contributed by atoms with van der Waals surface area (Å²) in [7, 11) is 1.19. The lowest BCUT2D eigenvalue weighted by Crippen LogP contribution is -2.48. The van der Waals surface area contributed by atoms with Crippen LogP contribution in [0.4, 0.5) is 8.78 Å². The minimum absolute atomic E-state index is 0.389. The van der Waals surface area contributed by atoms with Crippen LogP contribution < -0.4 is 0 Å². The van der Waals surface area contributed by atoms with Crippen molar-refractivity contribution in [3.05, 3.63) is 108 Å². The van der Waals surface area contributed by atoms with Gasteiger partial charge in [-0.05, 0) is 16.7 Å². The molecule has 2 atom stereocenters. The van der Waals surface area contributed by atoms with Gasteiger partial charge in [-0.25, -0.2) is 0 Å². The Labute approximate surface area is 180 Å². The van der Waals surface area contributed by atoms with Crippen molar-refractivity contribution in [3.8, 4) is 0 Å². The van der Waals surface area contributed by atoms with E-state index >= 15 is 0 Å². The summed E-state index contributed by atoms with van der Waals surface area (Å²) in [5.41, 5.74) is 1.17. The lowest BCUT2D eigenvalue weighted by molar-refractivity contribution is -0.178. The topological polar surface area (TPSA) is 55.8 Å². The fourth-order valence-corrected chi connectivity index (χ4v) is 3.58. The Balaban J connectivity index is 2.11. The van der Waals surface area contributed by atoms with E-state index in [9.17, 15) is 18.7 Å². The van der Waals surface area contributed by atoms with Crippen LogP contribution in [0.5, 0.6) is 0 Å². The van der Waals surface area contributed by atoms with E-state index in [0.717, 1.165) is 16.7 Å². The van der Waals surface area contributed by atoms with Crippen LogP contribution >= 0.6 is 0 Å². The molecule has 0 radical (unpaired) electrons. The van der Waals surface area contributed by atoms with Gasteiger partial charge in [0.1, 0.15) is 11.7 Å². The third kappa shape index (κ3) is 4.71. The highest BCUT2D eigenvalue weighted by Gasteiger charge is 2.45. The maximum Gasteiger partial charge on any atom is 0.330 e. The van der Waals surface area contributed by atoms with Crippen molar-refractivity contribution >= 4 is 6.29 Å². The van der Waals surface area contributed by atoms with Crippen LogP contribution in [-0.2, 0) is 19.9 Å². The van der Waals surface area contributed by atoms with E-state index in [4.69, 9.17) is 9.47 Å². The van der Waals surface area contributed by atoms with Gasteiger partial charge in [-0.15, -0.1) is 0 Å². The zero-order valence-corrected chi connectivity index (χ0v) is 17.0. The van der Waals surface area contributed by atoms with Gasteiger partial charge >= 0.3 is 5.92 Å². The zero-order chi connectivity index (χ0) is 22.3. The number of carbonyl (C=O) groups excluding carboxylic acids is 1. The van der Waals surface area contributed by atoms with E-state index in [1.807, 2.05) is 91.0 Å². The minimum atomic E-state index is -3.96. The quantitative estimate of drug-likeness (QED) is 0.390. The van der Waals surface area contributed by atoms with Crippen LogP contribution in [0.3, 0.4) is 0 Å². The third-order valence-electron chi connectivity index (χ3n) is 5.21. The van der Waals surface area contributed by atoms with E-state index in [1.54, 1.807) is 0 Å². The number of aldehydes is 1. The maximum atomic E-state index is 13.8. The van der Waals surface area contributed by atoms with Crippen molar-refractivity contribution in [2.45, 2.75) is 23.7 Å². The van der Waals surface area contributed by atoms with Gasteiger partial charge < -0.3 is 14.6 Å². The molecule has 4 nitrogen and oxygen atoms in total. The van der Waals surface area contributed by atoms with Gasteiger partial charge in [0.25, 0.3) is 0 Å². The minimum Gasteiger partial charge on any atom is -0.383 e. The molecule has 1 N–H and O–H groups in total. The second-order valence-electron chi connectivity index (χ2n) is 7.10. The molecule has 0 spiro atoms. The SMILES string of the molecule is CO[C@H](COC(c1ccccc1)(c1ccccc1)c1ccccc1)C(O)C(F)(F)C=O. The maximum absolute atomic E-state index is 13.8. The predicted octanol–water partition coefficient (Wildman–Crippen LogP) is 4.21. The molecule has 0 amide bonds. The molecule has 3 rings (SSSR count). The largest absolute Gasteiger partial charge is 0.383 e. The highest BCUT2D eigenvalue weighted by atomic mass is 19.3. The summed E-state index contributed by atoms with van der Waals surface area (Å²) >= 11 is 0. The number of halogens is 2. The van der Waals surface area contributed by atoms with Crippen molar-refractivity contribution < 1.29 is 28.2 Å². The second kappa shape index (κ2) is 9.92. The molecule has 1 unspecified atom stereocenters. The van der Waals surface area contributed by atoms with E-state index in [1.165, 1.54) is 7.11 Å². The van der Waals surface area contributed by atoms with Crippen molar-refractivity contribution in [2.75, 3.05) is 13.7 Å². The number of aliphatic hydroxyl groups is 1. The molecule has 0 saturated carbocycles. The monoisotopic (exact) mass is 426 g/mol. The lowest BCUT2D eigenvalue weighted by atomic mass is 9.80. The number of ether oxygens (including phenoxy) is 2. The molecule has 0 heterocycles. The molecule has 0 aliphatic heterocycles. The standard InChI is InChI=1S/C25H24F2O4/c1-30-22(23(29)24(26,27)18-28)17-31-25(19-11-5-2-6-12-19,20-13-7-3-8-14-20)21-15-9-4-10-16-21/h2-16,18,22-23,29H,17H2,1H3/t22-,23?/m1/s1. The highest BCUT2D eigenvalue weighted by Crippen LogP contribution is 2.40. The van der Waals surface area contributed by atoms with Crippen LogP contribution in [0.15, 0.2) is 91.0 Å². The Morgan fingerprint density at radius 2 is 1.23 bits per heavy atom. The predicted molar refractivity (Wildman–Crippen MR) is 113 cm³/mol. The van der Waals surface area contributed by atoms with Gasteiger partial charge in [0.15, 0.2) is 12.4 Å². The van der Waals surface area contributed by atoms with Gasteiger partial charge in [0.2, 0.25) is 0 Å². The number of rotatable bonds is 10. The van der Waals surface area contributed by atoms with Crippen LogP contribution in [0.2, 0.25) is 0 Å². The Morgan fingerprint density at radius 1 is 0.839 bits per heavy atom. The summed E-state index contributed by atoms with van der Waals surface area (Å²) in [5, 5.41) is 10.1. The summed E-state index contributed by atoms with van der Waals surface area (Å²) in [4.78, 5) is 10.7. The first-order chi connectivity index (χ1) is 15.0. The fraction of sp³-hybridized carbons (Fsp3) is 0.240. The van der Waals surface area contributed by atoms with Gasteiger partial charge in [0, 0.05) is 7.11 Å². The molecule has 3 aromatic carbocycles. The van der Waals surface area contributed by atoms with Gasteiger partial charge in [-0.1, -0.05) is 91.0 Å². The highest BCUT2D eigenvalue weighted by molar-refractivity contribution is 5.60. The number of hydrogen-bond donors (Lipinski definition) is 1. The average molecular weight is 426 g/mol. The molecule has 0 aromatic heterocycles. The second-order valence-corrected chi connectivity index (χ2v) is 7.10. The first-order valence-corrected chi connectivity index (χ1v) is 9.81. The Hall–Kier alpha value is -2.93. The number of alkyl halides is 2. The van der Waals surface area contributed by atoms with Crippen molar-refractivity contribution in [1.29, 1.82) is 0 Å². The molecule has 0 aliphatic rings. The smallest absolute Gasteiger partial charge is 0.330 e. The van der Waals surface area contributed by atoms with Gasteiger partial charge in [0.05, 0.1) is 6.61 Å². The Kier molecular flexibility index (Phi) is 7.28. The van der Waals surface area contributed by atoms with Gasteiger partial charge in [-0.2, -0.15) is 8.78 Å². The number of benzene rings is 3. The van der Waals surface area contributed by atoms with Crippen molar-refractivity contribution in [1.82, 2.24) is 0 Å². The van der Waals surface area contributed by atoms with Crippen LogP contribution in [0.25, 0.3) is 0 Å². The summed E-state index contributed by atoms with van der Waals surface area (Å²) in [5.74, 6) is -3.96. The fourth-order valence-electron chi connectivity index (χ4n) is 3.58. The van der Waals surface area contributed by atoms with Crippen LogP contribution in [-0.4, -0.2) is 43.2 Å². The van der Waals surface area contributed by atoms with E-state index in [0.29, 0.717) is 0 Å². The number of hydrogen-bond acceptors (Lipinski definition) is 4. The van der Waals surface area contributed by atoms with Crippen LogP contribution in [0.1, 0.15) is 16.7 Å². The third-order valence-corrected chi connectivity index (χ3v) is 5.21. The molecule has 6 heteroatoms. The van der Waals surface area contributed by atoms with Crippen LogP contribution in [0, 0.1) is 0 Å². The van der Waals surface area contributed by atoms with Crippen molar-refractivity contribution in [2.24, 2.45) is 0 Å². The molecule has 31 heavy (non-hydrogen) atoms. The first kappa shape index (κ1) is 22.7. The molecular weight excluding hydrogens is 402 g/mol. The summed E-state index contributed by atoms with van der Waals surface area (Å²) in [6, 6.07) is 28.1. The normalized spacial score (nSPS) is 14.1. The first-order valence-electron chi connectivity index (χ1n) is 9.81. The average Bonchev–Trinajstić information content (AvgIpc) is 2.83. The lowest BCUT2D eigenvalue weighted by Gasteiger charge is -2.37. The number of aliphatic hydroxyl groups excluding tert-OH is 1. The van der Waals surface area contributed by atoms with E-state index in [2.05, 4.69) is 0 Å². The number of carbonyl (C=O) groups is 1. The Morgan fingerprint density at radius 3 is 1.55 bits per heavy atom. The van der Waals surface area contributed by atoms with E-state index < -0.39 is 30.0 Å². The Bertz CT molecular complexity index is 852. The molecule has 0 saturated heterocycles. The molecule has 162 valence electrons. The molecule has 0 fully saturated rings. The zero-order valence-electron chi connectivity index (χ0n) is 17.0. The molecule has 0 bridgehead atoms. The molecule has 3 aromatic rings. The summed E-state index contributed by atoms with van der Waals surface area (Å²) < 4.78 is 39.1. The molecular formula is C25H24F2O4. The van der Waals surface area contributed by atoms with Crippen molar-refractivity contribution in [3.63, 3.8) is 0 Å². The summed E-state index contributed by atoms with van der Waals surface area (Å²) in [6.45, 7) is -0.389. The van der Waals surface area contributed by atoms with E-state index in [-0.39, 0.29) is 6.61 Å².